The van der Waals surface area contributed by atoms with Gasteiger partial charge in [-0.05, 0) is 43.0 Å². The first-order valence-electron chi connectivity index (χ1n) is 10.9. The van der Waals surface area contributed by atoms with Gasteiger partial charge in [0.05, 0.1) is 23.0 Å². The third kappa shape index (κ3) is 7.33. The third-order valence-electron chi connectivity index (χ3n) is 5.05. The number of rotatable bonds is 6. The Balaban J connectivity index is 0.000000343. The smallest absolute Gasteiger partial charge is 0.262 e. The maximum atomic E-state index is 11.8. The van der Waals surface area contributed by atoms with E-state index in [0.29, 0.717) is 4.88 Å². The summed E-state index contributed by atoms with van der Waals surface area (Å²) in [5.41, 5.74) is 4.32. The van der Waals surface area contributed by atoms with E-state index in [2.05, 4.69) is 39.6 Å². The van der Waals surface area contributed by atoms with Crippen LogP contribution in [0.5, 0.6) is 0 Å². The van der Waals surface area contributed by atoms with Crippen molar-refractivity contribution < 1.29 is 4.79 Å². The van der Waals surface area contributed by atoms with E-state index in [0.717, 1.165) is 27.7 Å². The average Bonchev–Trinajstić information content (AvgIpc) is 3.37. The van der Waals surface area contributed by atoms with Crippen LogP contribution in [0.2, 0.25) is 5.02 Å². The van der Waals surface area contributed by atoms with E-state index >= 15 is 0 Å². The highest BCUT2D eigenvalue weighted by Gasteiger charge is 2.15. The van der Waals surface area contributed by atoms with Crippen LogP contribution in [0.1, 0.15) is 44.3 Å². The molecule has 0 saturated carbocycles. The predicted octanol–water partition coefficient (Wildman–Crippen LogP) is 6.34. The molecule has 0 bridgehead atoms. The van der Waals surface area contributed by atoms with Gasteiger partial charge in [0.25, 0.3) is 5.91 Å². The molecule has 7 heteroatoms. The van der Waals surface area contributed by atoms with Gasteiger partial charge in [-0.2, -0.15) is 0 Å². The first-order valence-corrected chi connectivity index (χ1v) is 12.0. The van der Waals surface area contributed by atoms with Crippen molar-refractivity contribution in [2.45, 2.75) is 26.3 Å². The lowest BCUT2D eigenvalue weighted by atomic mass is 9.99. The number of aromatic nitrogens is 2. The van der Waals surface area contributed by atoms with Crippen LogP contribution in [0.4, 0.5) is 0 Å². The molecule has 174 valence electrons. The van der Waals surface area contributed by atoms with E-state index in [9.17, 15) is 4.79 Å². The molecule has 2 aromatic carbocycles. The van der Waals surface area contributed by atoms with Crippen molar-refractivity contribution in [1.29, 1.82) is 0 Å². The summed E-state index contributed by atoms with van der Waals surface area (Å²) in [4.78, 5) is 25.5. The minimum Gasteiger partial charge on any atom is -0.354 e. The lowest BCUT2D eigenvalue weighted by Gasteiger charge is -2.14. The first-order chi connectivity index (χ1) is 16.5. The van der Waals surface area contributed by atoms with Crippen LogP contribution in [0.25, 0.3) is 0 Å². The van der Waals surface area contributed by atoms with E-state index in [1.54, 1.807) is 25.6 Å². The number of pyridine rings is 1. The number of aryl methyl sites for hydroxylation is 1. The van der Waals surface area contributed by atoms with Crippen LogP contribution < -0.4 is 5.32 Å². The topological polar surface area (TPSA) is 67.2 Å². The van der Waals surface area contributed by atoms with Gasteiger partial charge in [-0.3, -0.25) is 14.8 Å². The quantitative estimate of drug-likeness (QED) is 0.321. The normalized spacial score (nSPS) is 11.8. The SMILES string of the molecule is CNC(=O)c1cnc(C(C)=NC(Cc2ccccc2)c2ccccc2)s1.Cc1ccncc1Cl. The molecule has 2 aromatic heterocycles. The molecule has 1 atom stereocenters. The Labute approximate surface area is 209 Å². The molecule has 0 fully saturated rings. The fourth-order valence-electron chi connectivity index (χ4n) is 3.15. The van der Waals surface area contributed by atoms with Gasteiger partial charge >= 0.3 is 0 Å². The summed E-state index contributed by atoms with van der Waals surface area (Å²) >= 11 is 7.01. The Bertz CT molecular complexity index is 1200. The summed E-state index contributed by atoms with van der Waals surface area (Å²) in [5, 5.41) is 4.13. The Morgan fingerprint density at radius 2 is 1.74 bits per heavy atom. The molecule has 4 rings (SSSR count). The number of aliphatic imine (C=N–C) groups is 1. The van der Waals surface area contributed by atoms with E-state index < -0.39 is 0 Å². The van der Waals surface area contributed by atoms with Crippen LogP contribution in [-0.4, -0.2) is 28.6 Å². The molecule has 0 spiro atoms. The number of hydrogen-bond acceptors (Lipinski definition) is 5. The number of benzene rings is 2. The van der Waals surface area contributed by atoms with Gasteiger partial charge in [-0.25, -0.2) is 4.98 Å². The molecule has 1 amide bonds. The van der Waals surface area contributed by atoms with Crippen molar-refractivity contribution in [1.82, 2.24) is 15.3 Å². The van der Waals surface area contributed by atoms with Crippen molar-refractivity contribution in [3.05, 3.63) is 117 Å². The Hall–Kier alpha value is -3.35. The highest BCUT2D eigenvalue weighted by Crippen LogP contribution is 2.24. The molecule has 0 aliphatic rings. The Morgan fingerprint density at radius 3 is 2.32 bits per heavy atom. The largest absolute Gasteiger partial charge is 0.354 e. The molecule has 4 aromatic rings. The van der Waals surface area contributed by atoms with Crippen LogP contribution in [0.15, 0.2) is 90.3 Å². The highest BCUT2D eigenvalue weighted by molar-refractivity contribution is 7.15. The van der Waals surface area contributed by atoms with E-state index in [1.807, 2.05) is 56.3 Å². The van der Waals surface area contributed by atoms with Crippen molar-refractivity contribution in [2.24, 2.45) is 4.99 Å². The zero-order valence-electron chi connectivity index (χ0n) is 19.4. The summed E-state index contributed by atoms with van der Waals surface area (Å²) in [6.07, 6.45) is 5.78. The van der Waals surface area contributed by atoms with E-state index in [1.165, 1.54) is 22.5 Å². The minimum absolute atomic E-state index is 0.00551. The van der Waals surface area contributed by atoms with Crippen molar-refractivity contribution in [2.75, 3.05) is 7.05 Å². The second-order valence-electron chi connectivity index (χ2n) is 7.56. The number of hydrogen-bond donors (Lipinski definition) is 1. The average molecular weight is 491 g/mol. The number of amides is 1. The summed E-state index contributed by atoms with van der Waals surface area (Å²) in [6.45, 7) is 3.90. The number of thiazole rings is 1. The van der Waals surface area contributed by atoms with Crippen molar-refractivity contribution in [3.8, 4) is 0 Å². The molecule has 0 aliphatic carbocycles. The molecule has 0 aliphatic heterocycles. The number of nitrogens with zero attached hydrogens (tertiary/aromatic N) is 3. The third-order valence-corrected chi connectivity index (χ3v) is 6.55. The zero-order valence-corrected chi connectivity index (χ0v) is 21.0. The fourth-order valence-corrected chi connectivity index (χ4v) is 4.09. The lowest BCUT2D eigenvalue weighted by molar-refractivity contribution is 0.0967. The number of nitrogens with one attached hydrogen (secondary N) is 1. The molecule has 0 saturated heterocycles. The van der Waals surface area contributed by atoms with Gasteiger partial charge in [-0.1, -0.05) is 72.3 Å². The zero-order chi connectivity index (χ0) is 24.3. The van der Waals surface area contributed by atoms with Crippen LogP contribution in [0, 0.1) is 6.92 Å². The van der Waals surface area contributed by atoms with Gasteiger partial charge in [0.1, 0.15) is 9.88 Å². The first kappa shape index (κ1) is 25.3. The Kier molecular flexibility index (Phi) is 9.50. The standard InChI is InChI=1S/C21H21N3OS.C6H6ClN/c1-15(21-23-14-19(26-21)20(25)22-2)24-18(17-11-7-4-8-12-17)13-16-9-5-3-6-10-16;1-5-2-3-8-4-6(5)7/h3-12,14,18H,13H2,1-2H3,(H,22,25);2-4H,1H3. The lowest BCUT2D eigenvalue weighted by Crippen LogP contribution is -2.16. The summed E-state index contributed by atoms with van der Waals surface area (Å²) < 4.78 is 0. The fraction of sp³-hybridized carbons (Fsp3) is 0.185. The van der Waals surface area contributed by atoms with Crippen LogP contribution >= 0.6 is 22.9 Å². The summed E-state index contributed by atoms with van der Waals surface area (Å²) in [6, 6.07) is 22.5. The maximum absolute atomic E-state index is 11.8. The highest BCUT2D eigenvalue weighted by atomic mass is 35.5. The van der Waals surface area contributed by atoms with Crippen LogP contribution in [-0.2, 0) is 6.42 Å². The summed E-state index contributed by atoms with van der Waals surface area (Å²) in [7, 11) is 1.62. The number of halogens is 1. The van der Waals surface area contributed by atoms with Gasteiger partial charge in [0, 0.05) is 19.4 Å². The molecule has 5 nitrogen and oxygen atoms in total. The Morgan fingerprint density at radius 1 is 1.06 bits per heavy atom. The van der Waals surface area contributed by atoms with Gasteiger partial charge in [0.15, 0.2) is 0 Å². The minimum atomic E-state index is -0.120. The number of carbonyl (C=O) groups is 1. The molecule has 2 heterocycles. The van der Waals surface area contributed by atoms with E-state index in [4.69, 9.17) is 16.6 Å². The molecular weight excluding hydrogens is 464 g/mol. The molecule has 1 N–H and O–H groups in total. The second kappa shape index (κ2) is 12.8. The molecule has 34 heavy (non-hydrogen) atoms. The predicted molar refractivity (Wildman–Crippen MR) is 141 cm³/mol. The van der Waals surface area contributed by atoms with Crippen LogP contribution in [0.3, 0.4) is 0 Å². The summed E-state index contributed by atoms with van der Waals surface area (Å²) in [5.74, 6) is -0.120. The van der Waals surface area contributed by atoms with Gasteiger partial charge in [-0.15, -0.1) is 11.3 Å². The number of carbonyl (C=O) groups excluding carboxylic acids is 1. The monoisotopic (exact) mass is 490 g/mol. The van der Waals surface area contributed by atoms with Gasteiger partial charge < -0.3 is 5.32 Å². The van der Waals surface area contributed by atoms with Crippen molar-refractivity contribution >= 4 is 34.6 Å². The molecular formula is C27H27ClN4OS. The maximum Gasteiger partial charge on any atom is 0.262 e. The molecule has 1 unspecified atom stereocenters. The van der Waals surface area contributed by atoms with Gasteiger partial charge in [0.2, 0.25) is 0 Å². The second-order valence-corrected chi connectivity index (χ2v) is 9.00. The van der Waals surface area contributed by atoms with E-state index in [-0.39, 0.29) is 11.9 Å². The van der Waals surface area contributed by atoms with Crippen molar-refractivity contribution in [3.63, 3.8) is 0 Å². The molecule has 0 radical (unpaired) electrons.